The number of amides is 1. The normalized spacial score (nSPS) is 11.6. The van der Waals surface area contributed by atoms with Gasteiger partial charge in [0.05, 0.1) is 16.2 Å². The van der Waals surface area contributed by atoms with Crippen LogP contribution in [0.25, 0.3) is 0 Å². The van der Waals surface area contributed by atoms with E-state index in [1.165, 1.54) is 31.9 Å². The van der Waals surface area contributed by atoms with E-state index >= 15 is 0 Å². The Labute approximate surface area is 186 Å². The van der Waals surface area contributed by atoms with Crippen molar-refractivity contribution in [1.82, 2.24) is 19.8 Å². The monoisotopic (exact) mass is 460 g/mol. The van der Waals surface area contributed by atoms with Crippen molar-refractivity contribution in [2.45, 2.75) is 36.1 Å². The summed E-state index contributed by atoms with van der Waals surface area (Å²) in [7, 11) is -0.669. The number of aryl methyl sites for hydroxylation is 2. The number of thioether (sulfide) groups is 1. The van der Waals surface area contributed by atoms with Gasteiger partial charge in [-0.3, -0.25) is 4.79 Å². The second-order valence-corrected chi connectivity index (χ2v) is 10.1. The third kappa shape index (κ3) is 5.15. The first kappa shape index (κ1) is 23.0. The number of nitrogens with one attached hydrogen (secondary N) is 1. The highest BCUT2D eigenvalue weighted by Crippen LogP contribution is 2.27. The van der Waals surface area contributed by atoms with Crippen LogP contribution in [0.4, 0.5) is 0 Å². The molecular formula is C21H24N4O4S2. The molecule has 1 aromatic carbocycles. The van der Waals surface area contributed by atoms with Gasteiger partial charge in [-0.15, -0.1) is 11.8 Å². The maximum atomic E-state index is 12.9. The minimum absolute atomic E-state index is 0.0743. The fourth-order valence-corrected chi connectivity index (χ4v) is 5.16. The van der Waals surface area contributed by atoms with Gasteiger partial charge in [0, 0.05) is 38.2 Å². The van der Waals surface area contributed by atoms with E-state index in [-0.39, 0.29) is 17.3 Å². The predicted octanol–water partition coefficient (Wildman–Crippen LogP) is 3.16. The van der Waals surface area contributed by atoms with Crippen molar-refractivity contribution in [2.24, 2.45) is 0 Å². The molecule has 0 radical (unpaired) electrons. The summed E-state index contributed by atoms with van der Waals surface area (Å²) >= 11 is 1.42. The maximum absolute atomic E-state index is 12.9. The summed E-state index contributed by atoms with van der Waals surface area (Å²) in [4.78, 5) is 17.4. The molecule has 2 aromatic heterocycles. The Morgan fingerprint density at radius 3 is 2.58 bits per heavy atom. The van der Waals surface area contributed by atoms with E-state index in [4.69, 9.17) is 4.52 Å². The van der Waals surface area contributed by atoms with Crippen LogP contribution >= 0.6 is 11.8 Å². The number of pyridine rings is 1. The minimum Gasteiger partial charge on any atom is -0.361 e. The summed E-state index contributed by atoms with van der Waals surface area (Å²) in [5, 5.41) is 7.34. The summed E-state index contributed by atoms with van der Waals surface area (Å²) < 4.78 is 31.5. The lowest BCUT2D eigenvalue weighted by Gasteiger charge is -2.15. The molecular weight excluding hydrogens is 436 g/mol. The lowest BCUT2D eigenvalue weighted by molar-refractivity contribution is 0.0947. The molecule has 1 amide bonds. The summed E-state index contributed by atoms with van der Waals surface area (Å²) in [6, 6.07) is 10.0. The largest absolute Gasteiger partial charge is 0.361 e. The van der Waals surface area contributed by atoms with Gasteiger partial charge in [0.15, 0.2) is 0 Å². The summed E-state index contributed by atoms with van der Waals surface area (Å²) in [6.45, 7) is 3.80. The van der Waals surface area contributed by atoms with E-state index in [1.807, 2.05) is 13.8 Å². The van der Waals surface area contributed by atoms with E-state index < -0.39 is 10.0 Å². The zero-order valence-corrected chi connectivity index (χ0v) is 19.4. The standard InChI is InChI=1S/C21H24N4O4S2/c1-14-18(15(2)29-24-14)13-30-21-17(9-7-11-22-21)20(26)23-12-16-8-5-6-10-19(16)31(27,28)25(3)4/h5-11H,12-13H2,1-4H3,(H,23,26). The molecule has 8 nitrogen and oxygen atoms in total. The van der Waals surface area contributed by atoms with Gasteiger partial charge < -0.3 is 9.84 Å². The number of sulfonamides is 1. The van der Waals surface area contributed by atoms with Crippen LogP contribution in [0.3, 0.4) is 0 Å². The van der Waals surface area contributed by atoms with E-state index in [1.54, 1.807) is 36.5 Å². The van der Waals surface area contributed by atoms with Gasteiger partial charge in [0.25, 0.3) is 5.91 Å². The molecule has 0 aliphatic rings. The number of carbonyl (C=O) groups excluding carboxylic acids is 1. The SMILES string of the molecule is Cc1noc(C)c1CSc1ncccc1C(=O)NCc1ccccc1S(=O)(=O)N(C)C. The highest BCUT2D eigenvalue weighted by molar-refractivity contribution is 7.98. The predicted molar refractivity (Wildman–Crippen MR) is 118 cm³/mol. The molecule has 2 heterocycles. The Bertz CT molecular complexity index is 1170. The second-order valence-electron chi connectivity index (χ2n) is 7.03. The molecule has 0 aliphatic heterocycles. The first-order valence-corrected chi connectivity index (χ1v) is 11.9. The minimum atomic E-state index is -3.62. The zero-order chi connectivity index (χ0) is 22.6. The Kier molecular flexibility index (Phi) is 7.14. The Hall–Kier alpha value is -2.69. The number of hydrogen-bond acceptors (Lipinski definition) is 7. The highest BCUT2D eigenvalue weighted by Gasteiger charge is 2.21. The number of nitrogens with zero attached hydrogens (tertiary/aromatic N) is 3. The topological polar surface area (TPSA) is 105 Å². The maximum Gasteiger partial charge on any atom is 0.254 e. The average Bonchev–Trinajstić information content (AvgIpc) is 3.08. The molecule has 0 bridgehead atoms. The lowest BCUT2D eigenvalue weighted by Crippen LogP contribution is -2.27. The van der Waals surface area contributed by atoms with Crippen LogP contribution in [0.15, 0.2) is 57.0 Å². The van der Waals surface area contributed by atoms with Gasteiger partial charge in [-0.1, -0.05) is 23.4 Å². The van der Waals surface area contributed by atoms with Crippen molar-refractivity contribution < 1.29 is 17.7 Å². The molecule has 0 fully saturated rings. The number of hydrogen-bond donors (Lipinski definition) is 1. The molecule has 0 spiro atoms. The molecule has 3 aromatic rings. The van der Waals surface area contributed by atoms with Gasteiger partial charge in [0.1, 0.15) is 10.8 Å². The van der Waals surface area contributed by atoms with Crippen molar-refractivity contribution in [3.8, 4) is 0 Å². The van der Waals surface area contributed by atoms with Crippen LogP contribution in [0, 0.1) is 13.8 Å². The first-order chi connectivity index (χ1) is 14.7. The molecule has 0 atom stereocenters. The fraction of sp³-hybridized carbons (Fsp3) is 0.286. The molecule has 0 unspecified atom stereocenters. The van der Waals surface area contributed by atoms with Crippen LogP contribution in [-0.4, -0.2) is 42.9 Å². The molecule has 31 heavy (non-hydrogen) atoms. The van der Waals surface area contributed by atoms with Crippen molar-refractivity contribution in [2.75, 3.05) is 14.1 Å². The van der Waals surface area contributed by atoms with E-state index in [9.17, 15) is 13.2 Å². The van der Waals surface area contributed by atoms with Crippen molar-refractivity contribution in [1.29, 1.82) is 0 Å². The third-order valence-corrected chi connectivity index (χ3v) is 7.67. The van der Waals surface area contributed by atoms with Gasteiger partial charge in [-0.25, -0.2) is 17.7 Å². The fourth-order valence-electron chi connectivity index (χ4n) is 2.90. The Morgan fingerprint density at radius 2 is 1.90 bits per heavy atom. The second kappa shape index (κ2) is 9.63. The smallest absolute Gasteiger partial charge is 0.254 e. The molecule has 1 N–H and O–H groups in total. The molecule has 0 saturated heterocycles. The number of benzene rings is 1. The zero-order valence-electron chi connectivity index (χ0n) is 17.7. The highest BCUT2D eigenvalue weighted by atomic mass is 32.2. The third-order valence-electron chi connectivity index (χ3n) is 4.72. The van der Waals surface area contributed by atoms with Crippen molar-refractivity contribution in [3.63, 3.8) is 0 Å². The van der Waals surface area contributed by atoms with Gasteiger partial charge in [-0.2, -0.15) is 0 Å². The average molecular weight is 461 g/mol. The van der Waals surface area contributed by atoms with Crippen molar-refractivity contribution in [3.05, 3.63) is 70.7 Å². The Morgan fingerprint density at radius 1 is 1.16 bits per heavy atom. The Balaban J connectivity index is 1.76. The molecule has 0 saturated carbocycles. The van der Waals surface area contributed by atoms with Gasteiger partial charge >= 0.3 is 0 Å². The van der Waals surface area contributed by atoms with E-state index in [0.29, 0.717) is 21.9 Å². The first-order valence-electron chi connectivity index (χ1n) is 9.50. The lowest BCUT2D eigenvalue weighted by atomic mass is 10.2. The summed E-state index contributed by atoms with van der Waals surface area (Å²) in [5.41, 5.74) is 2.72. The molecule has 3 rings (SSSR count). The van der Waals surface area contributed by atoms with Gasteiger partial charge in [-0.05, 0) is 37.6 Å². The van der Waals surface area contributed by atoms with Crippen LogP contribution < -0.4 is 5.32 Å². The van der Waals surface area contributed by atoms with Gasteiger partial charge in [0.2, 0.25) is 10.0 Å². The molecule has 0 aliphatic carbocycles. The molecule has 164 valence electrons. The number of aromatic nitrogens is 2. The summed E-state index contributed by atoms with van der Waals surface area (Å²) in [5.74, 6) is 0.986. The number of carbonyl (C=O) groups is 1. The van der Waals surface area contributed by atoms with Crippen molar-refractivity contribution >= 4 is 27.7 Å². The summed E-state index contributed by atoms with van der Waals surface area (Å²) in [6.07, 6.45) is 1.63. The van der Waals surface area contributed by atoms with Crippen LogP contribution in [0.2, 0.25) is 0 Å². The van der Waals surface area contributed by atoms with Crippen LogP contribution in [0.1, 0.15) is 32.9 Å². The van der Waals surface area contributed by atoms with Crippen LogP contribution in [0.5, 0.6) is 0 Å². The van der Waals surface area contributed by atoms with Crippen LogP contribution in [-0.2, 0) is 22.3 Å². The quantitative estimate of drug-likeness (QED) is 0.515. The van der Waals surface area contributed by atoms with E-state index in [2.05, 4.69) is 15.5 Å². The van der Waals surface area contributed by atoms with E-state index in [0.717, 1.165) is 21.3 Å². The molecule has 10 heteroatoms. The number of rotatable bonds is 8.